The highest BCUT2D eigenvalue weighted by Crippen LogP contribution is 2.34. The Balaban J connectivity index is 2.05. The van der Waals surface area contributed by atoms with E-state index in [1.807, 2.05) is 4.90 Å². The van der Waals surface area contributed by atoms with Gasteiger partial charge in [-0.25, -0.2) is 9.78 Å². The number of piperidine rings is 1. The first kappa shape index (κ1) is 19.1. The van der Waals surface area contributed by atoms with Crippen molar-refractivity contribution < 1.29 is 23.5 Å². The van der Waals surface area contributed by atoms with Crippen molar-refractivity contribution in [2.75, 3.05) is 31.2 Å². The molecule has 8 heteroatoms. The number of aromatic nitrogens is 2. The Hall–Kier alpha value is -2.64. The van der Waals surface area contributed by atoms with Crippen LogP contribution in [0.3, 0.4) is 0 Å². The number of hydrogen-bond donors (Lipinski definition) is 0. The zero-order valence-electron chi connectivity index (χ0n) is 16.2. The summed E-state index contributed by atoms with van der Waals surface area (Å²) in [4.78, 5) is 35.6. The Labute approximate surface area is 157 Å². The van der Waals surface area contributed by atoms with Crippen LogP contribution in [0.15, 0.2) is 4.42 Å². The molecule has 0 amide bonds. The van der Waals surface area contributed by atoms with Gasteiger partial charge in [-0.3, -0.25) is 4.79 Å². The maximum atomic E-state index is 12.5. The van der Waals surface area contributed by atoms with E-state index in [2.05, 4.69) is 9.97 Å². The largest absolute Gasteiger partial charge is 0.466 e. The summed E-state index contributed by atoms with van der Waals surface area (Å²) in [6.07, 6.45) is 1.61. The van der Waals surface area contributed by atoms with Crippen LogP contribution < -0.4 is 4.90 Å². The fourth-order valence-corrected chi connectivity index (χ4v) is 3.50. The molecule has 1 saturated heterocycles. The van der Waals surface area contributed by atoms with Crippen LogP contribution in [-0.2, 0) is 14.3 Å². The average molecular weight is 375 g/mol. The normalized spacial score (nSPS) is 17.2. The molecule has 3 rings (SSSR count). The van der Waals surface area contributed by atoms with Crippen molar-refractivity contribution in [3.63, 3.8) is 0 Å². The molecule has 1 aliphatic rings. The zero-order valence-corrected chi connectivity index (χ0v) is 16.2. The first-order chi connectivity index (χ1) is 13.0. The molecule has 0 aromatic carbocycles. The van der Waals surface area contributed by atoms with E-state index in [0.717, 1.165) is 19.4 Å². The van der Waals surface area contributed by atoms with Crippen molar-refractivity contribution in [1.29, 1.82) is 0 Å². The highest BCUT2D eigenvalue weighted by atomic mass is 16.5. The van der Waals surface area contributed by atoms with Gasteiger partial charge < -0.3 is 18.8 Å². The van der Waals surface area contributed by atoms with Crippen molar-refractivity contribution in [3.8, 4) is 0 Å². The van der Waals surface area contributed by atoms with Crippen LogP contribution in [0.2, 0.25) is 0 Å². The fraction of sp³-hybridized carbons (Fsp3) is 0.579. The van der Waals surface area contributed by atoms with E-state index in [-0.39, 0.29) is 18.5 Å². The number of anilines is 1. The van der Waals surface area contributed by atoms with E-state index in [4.69, 9.17) is 13.9 Å². The maximum absolute atomic E-state index is 12.5. The number of nitrogens with zero attached hydrogens (tertiary/aromatic N) is 3. The molecule has 0 N–H and O–H groups in total. The Morgan fingerprint density at radius 1 is 1.19 bits per heavy atom. The van der Waals surface area contributed by atoms with E-state index in [9.17, 15) is 9.59 Å². The quantitative estimate of drug-likeness (QED) is 0.736. The topological polar surface area (TPSA) is 94.8 Å². The van der Waals surface area contributed by atoms with Gasteiger partial charge in [0, 0.05) is 13.1 Å². The van der Waals surface area contributed by atoms with Gasteiger partial charge in [0.05, 0.1) is 24.5 Å². The fourth-order valence-electron chi connectivity index (χ4n) is 3.50. The third-order valence-electron chi connectivity index (χ3n) is 4.64. The molecule has 1 atom stereocenters. The van der Waals surface area contributed by atoms with Crippen LogP contribution in [0, 0.1) is 19.8 Å². The molecular formula is C19H25N3O5. The van der Waals surface area contributed by atoms with Gasteiger partial charge in [0.2, 0.25) is 5.71 Å². The second-order valence-corrected chi connectivity index (χ2v) is 6.57. The molecule has 0 spiro atoms. The van der Waals surface area contributed by atoms with Gasteiger partial charge in [-0.15, -0.1) is 0 Å². The molecule has 0 saturated carbocycles. The number of esters is 2. The van der Waals surface area contributed by atoms with Crippen molar-refractivity contribution in [2.24, 2.45) is 5.92 Å². The van der Waals surface area contributed by atoms with Crippen LogP contribution in [0.5, 0.6) is 0 Å². The molecule has 8 nitrogen and oxygen atoms in total. The third-order valence-corrected chi connectivity index (χ3v) is 4.64. The average Bonchev–Trinajstić information content (AvgIpc) is 2.97. The number of ether oxygens (including phenoxy) is 2. The van der Waals surface area contributed by atoms with Gasteiger partial charge in [-0.2, -0.15) is 4.98 Å². The molecule has 0 unspecified atom stereocenters. The second-order valence-electron chi connectivity index (χ2n) is 6.57. The molecule has 1 aliphatic heterocycles. The summed E-state index contributed by atoms with van der Waals surface area (Å²) < 4.78 is 16.1. The molecule has 1 fully saturated rings. The number of fused-ring (bicyclic) bond motifs is 1. The molecule has 0 radical (unpaired) electrons. The minimum Gasteiger partial charge on any atom is -0.466 e. The highest BCUT2D eigenvalue weighted by Gasteiger charge is 2.31. The van der Waals surface area contributed by atoms with Crippen molar-refractivity contribution in [2.45, 2.75) is 40.5 Å². The van der Waals surface area contributed by atoms with E-state index < -0.39 is 5.97 Å². The molecule has 146 valence electrons. The van der Waals surface area contributed by atoms with Gasteiger partial charge in [0.15, 0.2) is 0 Å². The van der Waals surface area contributed by atoms with E-state index in [1.165, 1.54) is 0 Å². The Kier molecular flexibility index (Phi) is 5.62. The van der Waals surface area contributed by atoms with Crippen LogP contribution in [0.25, 0.3) is 11.1 Å². The Morgan fingerprint density at radius 3 is 2.63 bits per heavy atom. The van der Waals surface area contributed by atoms with E-state index >= 15 is 0 Å². The molecule has 2 aromatic heterocycles. The smallest absolute Gasteiger partial charge is 0.342 e. The Morgan fingerprint density at radius 2 is 1.93 bits per heavy atom. The minimum absolute atomic E-state index is 0.196. The monoisotopic (exact) mass is 375 g/mol. The number of furan rings is 1. The van der Waals surface area contributed by atoms with Gasteiger partial charge in [0.1, 0.15) is 23.0 Å². The van der Waals surface area contributed by atoms with Crippen LogP contribution >= 0.6 is 0 Å². The van der Waals surface area contributed by atoms with E-state index in [0.29, 0.717) is 47.2 Å². The Bertz CT molecular complexity index is 861. The van der Waals surface area contributed by atoms with Gasteiger partial charge >= 0.3 is 11.9 Å². The van der Waals surface area contributed by atoms with Crippen molar-refractivity contribution in [3.05, 3.63) is 17.1 Å². The van der Waals surface area contributed by atoms with Gasteiger partial charge in [0.25, 0.3) is 0 Å². The molecule has 3 heterocycles. The second kappa shape index (κ2) is 7.94. The number of rotatable bonds is 5. The van der Waals surface area contributed by atoms with Gasteiger partial charge in [-0.1, -0.05) is 0 Å². The lowest BCUT2D eigenvalue weighted by Gasteiger charge is -2.32. The molecule has 0 bridgehead atoms. The third kappa shape index (κ3) is 3.74. The number of carbonyl (C=O) groups is 2. The predicted octanol–water partition coefficient (Wildman–Crippen LogP) is 2.80. The standard InChI is InChI=1S/C19H25N3O5/c1-5-25-18(23)13-8-7-9-22(10-13)16-15-14(19(24)26-6-2)11(3)27-17(15)21-12(4)20-16/h13H,5-10H2,1-4H3/t13-/m1/s1. The van der Waals surface area contributed by atoms with Crippen LogP contribution in [0.1, 0.15) is 48.6 Å². The van der Waals surface area contributed by atoms with Gasteiger partial charge in [-0.05, 0) is 40.5 Å². The summed E-state index contributed by atoms with van der Waals surface area (Å²) in [5, 5.41) is 0.543. The molecular weight excluding hydrogens is 350 g/mol. The molecule has 0 aliphatic carbocycles. The van der Waals surface area contributed by atoms with Crippen LogP contribution in [-0.4, -0.2) is 48.2 Å². The summed E-state index contributed by atoms with van der Waals surface area (Å²) in [5.74, 6) is 0.720. The first-order valence-electron chi connectivity index (χ1n) is 9.32. The minimum atomic E-state index is -0.457. The van der Waals surface area contributed by atoms with Crippen LogP contribution in [0.4, 0.5) is 5.82 Å². The predicted molar refractivity (Wildman–Crippen MR) is 98.8 cm³/mol. The van der Waals surface area contributed by atoms with E-state index in [1.54, 1.807) is 27.7 Å². The summed E-state index contributed by atoms with van der Waals surface area (Å²) in [6, 6.07) is 0. The first-order valence-corrected chi connectivity index (χ1v) is 9.32. The number of hydrogen-bond acceptors (Lipinski definition) is 8. The molecule has 27 heavy (non-hydrogen) atoms. The summed E-state index contributed by atoms with van der Waals surface area (Å²) in [6.45, 7) is 8.89. The zero-order chi connectivity index (χ0) is 19.6. The SMILES string of the molecule is CCOC(=O)c1c(C)oc2nc(C)nc(N3CCC[C@@H](C(=O)OCC)C3)c12. The highest BCUT2D eigenvalue weighted by molar-refractivity contribution is 6.08. The van der Waals surface area contributed by atoms with Crippen molar-refractivity contribution in [1.82, 2.24) is 9.97 Å². The number of carbonyl (C=O) groups excluding carboxylic acids is 2. The maximum Gasteiger partial charge on any atom is 0.342 e. The lowest BCUT2D eigenvalue weighted by atomic mass is 9.98. The summed E-state index contributed by atoms with van der Waals surface area (Å²) >= 11 is 0. The molecule has 2 aromatic rings. The summed E-state index contributed by atoms with van der Waals surface area (Å²) in [7, 11) is 0. The van der Waals surface area contributed by atoms with Crippen molar-refractivity contribution >= 4 is 28.9 Å². The lowest BCUT2D eigenvalue weighted by Crippen LogP contribution is -2.40. The number of aryl methyl sites for hydroxylation is 2. The lowest BCUT2D eigenvalue weighted by molar-refractivity contribution is -0.148. The summed E-state index contributed by atoms with van der Waals surface area (Å²) in [5.41, 5.74) is 0.705.